The number of hydrogen-bond donors (Lipinski definition) is 1. The molecular formula is C11H20N2O2. The molecule has 0 unspecified atom stereocenters. The summed E-state index contributed by atoms with van der Waals surface area (Å²) in [6.45, 7) is 7.28. The van der Waals surface area contributed by atoms with Crippen LogP contribution in [0.3, 0.4) is 0 Å². The van der Waals surface area contributed by atoms with Gasteiger partial charge in [0.2, 0.25) is 5.91 Å². The van der Waals surface area contributed by atoms with Crippen molar-refractivity contribution < 1.29 is 9.53 Å². The Kier molecular flexibility index (Phi) is 4.78. The zero-order valence-electron chi connectivity index (χ0n) is 9.75. The van der Waals surface area contributed by atoms with Crippen molar-refractivity contribution in [3.8, 4) is 0 Å². The monoisotopic (exact) mass is 212 g/mol. The minimum absolute atomic E-state index is 0.0306. The lowest BCUT2D eigenvalue weighted by molar-refractivity contribution is -0.137. The number of nitrogens with one attached hydrogen (secondary N) is 1. The predicted octanol–water partition coefficient (Wildman–Crippen LogP) is 0.399. The highest BCUT2D eigenvalue weighted by atomic mass is 16.5. The van der Waals surface area contributed by atoms with Crippen molar-refractivity contribution in [2.75, 3.05) is 33.3 Å². The molecular weight excluding hydrogens is 192 g/mol. The number of carbonyl (C=O) groups excluding carboxylic acids is 1. The van der Waals surface area contributed by atoms with E-state index in [1.54, 1.807) is 7.05 Å². The lowest BCUT2D eigenvalue weighted by Gasteiger charge is -2.31. The van der Waals surface area contributed by atoms with Gasteiger partial charge in [-0.3, -0.25) is 9.69 Å². The highest BCUT2D eigenvalue weighted by molar-refractivity contribution is 5.80. The highest BCUT2D eigenvalue weighted by Gasteiger charge is 2.24. The molecule has 0 aromatic rings. The SMILES string of the molecule is CNC(=O)[C@@H]1CN(CC=C(C)C)CCO1. The summed E-state index contributed by atoms with van der Waals surface area (Å²) in [6, 6.07) is 0. The largest absolute Gasteiger partial charge is 0.366 e. The van der Waals surface area contributed by atoms with Gasteiger partial charge in [-0.25, -0.2) is 0 Å². The minimum atomic E-state index is -0.311. The van der Waals surface area contributed by atoms with Gasteiger partial charge in [0, 0.05) is 26.7 Å². The smallest absolute Gasteiger partial charge is 0.250 e. The van der Waals surface area contributed by atoms with Crippen molar-refractivity contribution in [2.45, 2.75) is 20.0 Å². The third kappa shape index (κ3) is 4.01. The van der Waals surface area contributed by atoms with Gasteiger partial charge in [0.15, 0.2) is 0 Å². The summed E-state index contributed by atoms with van der Waals surface area (Å²) in [5.74, 6) is -0.0306. The van der Waals surface area contributed by atoms with E-state index >= 15 is 0 Å². The molecule has 0 radical (unpaired) electrons. The highest BCUT2D eigenvalue weighted by Crippen LogP contribution is 2.05. The van der Waals surface area contributed by atoms with E-state index in [1.165, 1.54) is 5.57 Å². The van der Waals surface area contributed by atoms with Gasteiger partial charge in [-0.05, 0) is 13.8 Å². The zero-order chi connectivity index (χ0) is 11.3. The summed E-state index contributed by atoms with van der Waals surface area (Å²) in [6.07, 6.45) is 1.86. The molecule has 1 aliphatic heterocycles. The summed E-state index contributed by atoms with van der Waals surface area (Å²) < 4.78 is 5.39. The predicted molar refractivity (Wildman–Crippen MR) is 59.7 cm³/mol. The first-order chi connectivity index (χ1) is 7.13. The van der Waals surface area contributed by atoms with E-state index in [0.717, 1.165) is 13.1 Å². The third-order valence-corrected chi connectivity index (χ3v) is 2.45. The summed E-state index contributed by atoms with van der Waals surface area (Å²) >= 11 is 0. The van der Waals surface area contributed by atoms with Crippen LogP contribution in [0.15, 0.2) is 11.6 Å². The molecule has 0 aliphatic carbocycles. The van der Waals surface area contributed by atoms with Crippen molar-refractivity contribution in [1.29, 1.82) is 0 Å². The first-order valence-electron chi connectivity index (χ1n) is 5.32. The Hall–Kier alpha value is -0.870. The quantitative estimate of drug-likeness (QED) is 0.688. The minimum Gasteiger partial charge on any atom is -0.366 e. The first kappa shape index (κ1) is 12.2. The molecule has 1 fully saturated rings. The van der Waals surface area contributed by atoms with Crippen LogP contribution in [0, 0.1) is 0 Å². The van der Waals surface area contributed by atoms with Crippen LogP contribution in [0.4, 0.5) is 0 Å². The third-order valence-electron chi connectivity index (χ3n) is 2.45. The molecule has 1 saturated heterocycles. The average molecular weight is 212 g/mol. The van der Waals surface area contributed by atoms with Crippen molar-refractivity contribution in [2.24, 2.45) is 0 Å². The maximum Gasteiger partial charge on any atom is 0.250 e. The molecule has 0 aromatic heterocycles. The number of carbonyl (C=O) groups is 1. The molecule has 0 aromatic carbocycles. The Bertz CT molecular complexity index is 247. The molecule has 15 heavy (non-hydrogen) atoms. The van der Waals surface area contributed by atoms with Gasteiger partial charge in [0.25, 0.3) is 0 Å². The van der Waals surface area contributed by atoms with Crippen LogP contribution in [0.5, 0.6) is 0 Å². The molecule has 1 amide bonds. The molecule has 1 heterocycles. The maximum absolute atomic E-state index is 11.4. The van der Waals surface area contributed by atoms with Gasteiger partial charge >= 0.3 is 0 Å². The van der Waals surface area contributed by atoms with E-state index in [0.29, 0.717) is 13.2 Å². The van der Waals surface area contributed by atoms with Crippen LogP contribution in [0.25, 0.3) is 0 Å². The number of nitrogens with zero attached hydrogens (tertiary/aromatic N) is 1. The van der Waals surface area contributed by atoms with E-state index in [2.05, 4.69) is 30.1 Å². The van der Waals surface area contributed by atoms with Gasteiger partial charge in [-0.15, -0.1) is 0 Å². The van der Waals surface area contributed by atoms with Gasteiger partial charge < -0.3 is 10.1 Å². The van der Waals surface area contributed by atoms with E-state index in [4.69, 9.17) is 4.74 Å². The number of morpholine rings is 1. The second-order valence-electron chi connectivity index (χ2n) is 4.01. The fraction of sp³-hybridized carbons (Fsp3) is 0.727. The Balaban J connectivity index is 2.42. The number of hydrogen-bond acceptors (Lipinski definition) is 3. The van der Waals surface area contributed by atoms with E-state index < -0.39 is 0 Å². The second kappa shape index (κ2) is 5.88. The number of allylic oxidation sites excluding steroid dienone is 1. The summed E-state index contributed by atoms with van der Waals surface area (Å²) in [7, 11) is 1.64. The first-order valence-corrected chi connectivity index (χ1v) is 5.32. The molecule has 1 N–H and O–H groups in total. The Morgan fingerprint density at radius 2 is 2.33 bits per heavy atom. The lowest BCUT2D eigenvalue weighted by Crippen LogP contribution is -2.49. The van der Waals surface area contributed by atoms with Gasteiger partial charge in [0.1, 0.15) is 6.10 Å². The Morgan fingerprint density at radius 1 is 1.60 bits per heavy atom. The fourth-order valence-corrected chi connectivity index (χ4v) is 1.50. The standard InChI is InChI=1S/C11H20N2O2/c1-9(2)4-5-13-6-7-15-10(8-13)11(14)12-3/h4,10H,5-8H2,1-3H3,(H,12,14)/t10-/m0/s1. The molecule has 0 bridgehead atoms. The van der Waals surface area contributed by atoms with Crippen LogP contribution in [-0.2, 0) is 9.53 Å². The maximum atomic E-state index is 11.4. The molecule has 1 atom stereocenters. The normalized spacial score (nSPS) is 22.2. The molecule has 1 rings (SSSR count). The van der Waals surface area contributed by atoms with Crippen molar-refractivity contribution >= 4 is 5.91 Å². The number of likely N-dealkylation sites (N-methyl/N-ethyl adjacent to an activating group) is 1. The van der Waals surface area contributed by atoms with Gasteiger partial charge in [-0.1, -0.05) is 11.6 Å². The zero-order valence-corrected chi connectivity index (χ0v) is 9.75. The Labute approximate surface area is 91.3 Å². The van der Waals surface area contributed by atoms with E-state index in [1.807, 2.05) is 0 Å². The molecule has 0 saturated carbocycles. The van der Waals surface area contributed by atoms with Gasteiger partial charge in [0.05, 0.1) is 6.61 Å². The number of amides is 1. The summed E-state index contributed by atoms with van der Waals surface area (Å²) in [4.78, 5) is 13.6. The molecule has 86 valence electrons. The summed E-state index contributed by atoms with van der Waals surface area (Å²) in [5.41, 5.74) is 1.30. The van der Waals surface area contributed by atoms with Crippen molar-refractivity contribution in [3.05, 3.63) is 11.6 Å². The van der Waals surface area contributed by atoms with E-state index in [9.17, 15) is 4.79 Å². The lowest BCUT2D eigenvalue weighted by atomic mass is 10.2. The molecule has 0 spiro atoms. The molecule has 4 nitrogen and oxygen atoms in total. The number of rotatable bonds is 3. The van der Waals surface area contributed by atoms with Crippen LogP contribution >= 0.6 is 0 Å². The fourth-order valence-electron chi connectivity index (χ4n) is 1.50. The molecule has 4 heteroatoms. The van der Waals surface area contributed by atoms with Crippen molar-refractivity contribution in [3.63, 3.8) is 0 Å². The number of ether oxygens (including phenoxy) is 1. The van der Waals surface area contributed by atoms with Crippen LogP contribution in [0.2, 0.25) is 0 Å². The average Bonchev–Trinajstić information content (AvgIpc) is 2.25. The van der Waals surface area contributed by atoms with Crippen molar-refractivity contribution in [1.82, 2.24) is 10.2 Å². The van der Waals surface area contributed by atoms with Crippen LogP contribution < -0.4 is 5.32 Å². The summed E-state index contributed by atoms with van der Waals surface area (Å²) in [5, 5.41) is 2.61. The van der Waals surface area contributed by atoms with Crippen LogP contribution in [0.1, 0.15) is 13.8 Å². The van der Waals surface area contributed by atoms with Crippen LogP contribution in [-0.4, -0.2) is 50.2 Å². The van der Waals surface area contributed by atoms with E-state index in [-0.39, 0.29) is 12.0 Å². The second-order valence-corrected chi connectivity index (χ2v) is 4.01. The van der Waals surface area contributed by atoms with Gasteiger partial charge in [-0.2, -0.15) is 0 Å². The Morgan fingerprint density at radius 3 is 2.93 bits per heavy atom. The topological polar surface area (TPSA) is 41.6 Å². The molecule has 1 aliphatic rings.